The van der Waals surface area contributed by atoms with E-state index in [9.17, 15) is 9.90 Å². The monoisotopic (exact) mass is 275 g/mol. The van der Waals surface area contributed by atoms with Crippen LogP contribution in [0.25, 0.3) is 0 Å². The van der Waals surface area contributed by atoms with E-state index in [0.29, 0.717) is 0 Å². The van der Waals surface area contributed by atoms with Crippen molar-refractivity contribution in [3.8, 4) is 11.5 Å². The molecule has 0 radical (unpaired) electrons. The molecular weight excluding hydrogens is 258 g/mol. The number of aromatic nitrogens is 1. The van der Waals surface area contributed by atoms with E-state index in [-0.39, 0.29) is 5.75 Å². The van der Waals surface area contributed by atoms with E-state index in [1.54, 1.807) is 0 Å². The SMILES string of the molecule is Cc1cc(C)[nH+]c(C)c1.O=C(O)c1cc(O)ccc1[O-]. The zero-order valence-corrected chi connectivity index (χ0v) is 11.6. The number of benzene rings is 1. The highest BCUT2D eigenvalue weighted by molar-refractivity contribution is 5.90. The third-order valence-electron chi connectivity index (χ3n) is 2.48. The maximum absolute atomic E-state index is 10.7. The number of aromatic amines is 1. The van der Waals surface area contributed by atoms with Gasteiger partial charge in [-0.05, 0) is 24.6 Å². The van der Waals surface area contributed by atoms with Crippen molar-refractivity contribution in [1.29, 1.82) is 0 Å². The molecule has 5 heteroatoms. The van der Waals surface area contributed by atoms with Gasteiger partial charge in [0.15, 0.2) is 11.4 Å². The van der Waals surface area contributed by atoms with Crippen LogP contribution in [0.4, 0.5) is 0 Å². The lowest BCUT2D eigenvalue weighted by Crippen LogP contribution is -2.11. The highest BCUT2D eigenvalue weighted by atomic mass is 16.4. The molecule has 0 saturated carbocycles. The van der Waals surface area contributed by atoms with Crippen molar-refractivity contribution in [3.63, 3.8) is 0 Å². The number of nitrogens with one attached hydrogen (secondary N) is 1. The summed E-state index contributed by atoms with van der Waals surface area (Å²) >= 11 is 0. The molecule has 0 bridgehead atoms. The van der Waals surface area contributed by atoms with Crippen LogP contribution in [-0.4, -0.2) is 16.2 Å². The molecule has 106 valence electrons. The lowest BCUT2D eigenvalue weighted by atomic mass is 10.2. The number of aromatic carboxylic acids is 1. The van der Waals surface area contributed by atoms with Crippen LogP contribution < -0.4 is 10.1 Å². The summed E-state index contributed by atoms with van der Waals surface area (Å²) in [6.45, 7) is 6.24. The highest BCUT2D eigenvalue weighted by Gasteiger charge is 2.03. The van der Waals surface area contributed by atoms with Gasteiger partial charge in [-0.3, -0.25) is 0 Å². The van der Waals surface area contributed by atoms with Gasteiger partial charge < -0.3 is 15.3 Å². The van der Waals surface area contributed by atoms with E-state index in [2.05, 4.69) is 37.9 Å². The number of hydrogen-bond donors (Lipinski definition) is 2. The topological polar surface area (TPSA) is 94.7 Å². The van der Waals surface area contributed by atoms with Crippen molar-refractivity contribution in [1.82, 2.24) is 0 Å². The molecule has 20 heavy (non-hydrogen) atoms. The van der Waals surface area contributed by atoms with Gasteiger partial charge >= 0.3 is 5.97 Å². The number of carboxylic acids is 1. The molecule has 0 aliphatic heterocycles. The Balaban J connectivity index is 0.000000204. The van der Waals surface area contributed by atoms with Crippen LogP contribution in [-0.2, 0) is 0 Å². The number of aryl methyl sites for hydroxylation is 3. The van der Waals surface area contributed by atoms with E-state index < -0.39 is 17.3 Å². The Morgan fingerprint density at radius 3 is 2.05 bits per heavy atom. The lowest BCUT2D eigenvalue weighted by Gasteiger charge is -2.08. The second kappa shape index (κ2) is 6.56. The lowest BCUT2D eigenvalue weighted by molar-refractivity contribution is -0.396. The summed E-state index contributed by atoms with van der Waals surface area (Å²) in [4.78, 5) is 13.5. The van der Waals surface area contributed by atoms with Crippen molar-refractivity contribution >= 4 is 5.97 Å². The molecule has 1 aromatic carbocycles. The van der Waals surface area contributed by atoms with E-state index in [0.717, 1.165) is 18.2 Å². The fourth-order valence-corrected chi connectivity index (χ4v) is 1.79. The van der Waals surface area contributed by atoms with Crippen molar-refractivity contribution < 1.29 is 25.1 Å². The van der Waals surface area contributed by atoms with Crippen LogP contribution in [0.1, 0.15) is 27.3 Å². The van der Waals surface area contributed by atoms with Gasteiger partial charge in [0.05, 0.1) is 5.56 Å². The van der Waals surface area contributed by atoms with Crippen LogP contribution in [0, 0.1) is 20.8 Å². The van der Waals surface area contributed by atoms with Gasteiger partial charge in [0.25, 0.3) is 0 Å². The van der Waals surface area contributed by atoms with Crippen LogP contribution in [0.2, 0.25) is 0 Å². The molecular formula is C15H17NO4. The van der Waals surface area contributed by atoms with Crippen molar-refractivity contribution in [2.24, 2.45) is 0 Å². The third kappa shape index (κ3) is 4.61. The normalized spacial score (nSPS) is 9.55. The standard InChI is InChI=1S/C8H11N.C7H6O4/c1-6-4-7(2)9-8(3)5-6;8-4-1-2-6(9)5(3-4)7(10)11/h4-5H,1-3H3;1-3,8-9H,(H,10,11). The molecule has 0 atom stereocenters. The van der Waals surface area contributed by atoms with E-state index in [4.69, 9.17) is 10.2 Å². The minimum absolute atomic E-state index is 0.220. The summed E-state index contributed by atoms with van der Waals surface area (Å²) < 4.78 is 0. The molecule has 0 aliphatic rings. The number of H-pyrrole nitrogens is 1. The molecule has 1 heterocycles. The number of aromatic hydroxyl groups is 1. The van der Waals surface area contributed by atoms with Gasteiger partial charge in [0.1, 0.15) is 5.75 Å². The summed E-state index contributed by atoms with van der Waals surface area (Å²) in [5, 5.41) is 27.9. The Hall–Kier alpha value is -2.56. The first-order chi connectivity index (χ1) is 9.29. The number of phenols is 1. The van der Waals surface area contributed by atoms with E-state index >= 15 is 0 Å². The maximum Gasteiger partial charge on any atom is 0.335 e. The zero-order chi connectivity index (χ0) is 15.3. The van der Waals surface area contributed by atoms with Gasteiger partial charge in [-0.1, -0.05) is 11.8 Å². The Morgan fingerprint density at radius 1 is 1.10 bits per heavy atom. The quantitative estimate of drug-likeness (QED) is 0.826. The van der Waals surface area contributed by atoms with Gasteiger partial charge in [0.2, 0.25) is 0 Å². The van der Waals surface area contributed by atoms with E-state index in [1.165, 1.54) is 17.0 Å². The molecule has 5 nitrogen and oxygen atoms in total. The first-order valence-electron chi connectivity index (χ1n) is 6.00. The Labute approximate surface area is 117 Å². The van der Waals surface area contributed by atoms with Gasteiger partial charge in [0, 0.05) is 26.0 Å². The Kier molecular flexibility index (Phi) is 5.08. The zero-order valence-electron chi connectivity index (χ0n) is 11.6. The second-order valence-corrected chi connectivity index (χ2v) is 4.51. The van der Waals surface area contributed by atoms with Crippen molar-refractivity contribution in [2.45, 2.75) is 20.8 Å². The molecule has 0 unspecified atom stereocenters. The average molecular weight is 275 g/mol. The number of rotatable bonds is 1. The fraction of sp³-hybridized carbons (Fsp3) is 0.200. The smallest absolute Gasteiger partial charge is 0.335 e. The van der Waals surface area contributed by atoms with Crippen molar-refractivity contribution in [2.75, 3.05) is 0 Å². The molecule has 0 fully saturated rings. The van der Waals surface area contributed by atoms with Crippen LogP contribution in [0.5, 0.6) is 11.5 Å². The fourth-order valence-electron chi connectivity index (χ4n) is 1.79. The first kappa shape index (κ1) is 15.5. The molecule has 0 amide bonds. The number of pyridine rings is 1. The maximum atomic E-state index is 10.7. The predicted octanol–water partition coefficient (Wildman–Crippen LogP) is 1.59. The van der Waals surface area contributed by atoms with Gasteiger partial charge in [-0.25, -0.2) is 9.78 Å². The Morgan fingerprint density at radius 2 is 1.65 bits per heavy atom. The van der Waals surface area contributed by atoms with Gasteiger partial charge in [-0.2, -0.15) is 0 Å². The minimum Gasteiger partial charge on any atom is -0.872 e. The summed E-state index contributed by atoms with van der Waals surface area (Å²) in [7, 11) is 0. The highest BCUT2D eigenvalue weighted by Crippen LogP contribution is 2.19. The molecule has 3 N–H and O–H groups in total. The van der Waals surface area contributed by atoms with Crippen molar-refractivity contribution in [3.05, 3.63) is 52.8 Å². The van der Waals surface area contributed by atoms with Crippen LogP contribution in [0.15, 0.2) is 30.3 Å². The summed E-state index contributed by atoms with van der Waals surface area (Å²) in [6.07, 6.45) is 0. The summed E-state index contributed by atoms with van der Waals surface area (Å²) in [5.41, 5.74) is 3.37. The third-order valence-corrected chi connectivity index (χ3v) is 2.48. The number of carbonyl (C=O) groups is 1. The molecule has 2 aromatic rings. The largest absolute Gasteiger partial charge is 0.872 e. The minimum atomic E-state index is -1.33. The number of phenolic OH excluding ortho intramolecular Hbond substituents is 1. The molecule has 2 rings (SSSR count). The molecule has 0 spiro atoms. The van der Waals surface area contributed by atoms with Crippen LogP contribution >= 0.6 is 0 Å². The molecule has 0 aliphatic carbocycles. The predicted molar refractivity (Wildman–Crippen MR) is 71.7 cm³/mol. The summed E-state index contributed by atoms with van der Waals surface area (Å²) in [6, 6.07) is 7.35. The summed E-state index contributed by atoms with van der Waals surface area (Å²) in [5.74, 6) is -2.15. The van der Waals surface area contributed by atoms with E-state index in [1.807, 2.05) is 0 Å². The molecule has 1 aromatic heterocycles. The number of carboxylic acid groups (broad SMARTS) is 1. The Bertz CT molecular complexity index is 573. The average Bonchev–Trinajstić information content (AvgIpc) is 2.31. The second-order valence-electron chi connectivity index (χ2n) is 4.51. The molecule has 0 saturated heterocycles. The first-order valence-corrected chi connectivity index (χ1v) is 6.00. The number of hydrogen-bond acceptors (Lipinski definition) is 3. The van der Waals surface area contributed by atoms with Gasteiger partial charge in [-0.15, -0.1) is 0 Å². The van der Waals surface area contributed by atoms with Crippen LogP contribution in [0.3, 0.4) is 0 Å².